The first-order chi connectivity index (χ1) is 12.1. The molecule has 3 aromatic rings. The van der Waals surface area contributed by atoms with E-state index in [-0.39, 0.29) is 18.0 Å². The van der Waals surface area contributed by atoms with E-state index in [2.05, 4.69) is 29.3 Å². The molecule has 0 unspecified atom stereocenters. The summed E-state index contributed by atoms with van der Waals surface area (Å²) < 4.78 is 3.26. The van der Waals surface area contributed by atoms with Gasteiger partial charge in [0.15, 0.2) is 0 Å². The fourth-order valence-corrected chi connectivity index (χ4v) is 2.49. The largest absolute Gasteiger partial charge is 0.328 e. The molecule has 2 heterocycles. The summed E-state index contributed by atoms with van der Waals surface area (Å²) in [6.07, 6.45) is 3.47. The van der Waals surface area contributed by atoms with Crippen molar-refractivity contribution in [1.82, 2.24) is 9.13 Å². The Labute approximate surface area is 145 Å². The lowest BCUT2D eigenvalue weighted by atomic mass is 10.1. The van der Waals surface area contributed by atoms with Gasteiger partial charge in [-0.3, -0.25) is 9.59 Å². The number of carbonyl (C=O) groups is 1. The molecular weight excluding hydrogens is 314 g/mol. The fraction of sp³-hybridized carbons (Fsp3) is 0.150. The summed E-state index contributed by atoms with van der Waals surface area (Å²) in [5.74, 6) is -0.364. The molecule has 0 aliphatic carbocycles. The molecule has 0 bridgehead atoms. The highest BCUT2D eigenvalue weighted by Gasteiger charge is 2.03. The van der Waals surface area contributed by atoms with Crippen LogP contribution < -0.4 is 11.0 Å². The number of benzene rings is 1. The van der Waals surface area contributed by atoms with Crippen molar-refractivity contribution in [2.45, 2.75) is 20.0 Å². The maximum Gasteiger partial charge on any atom is 0.267 e. The molecule has 3 rings (SSSR count). The summed E-state index contributed by atoms with van der Waals surface area (Å²) in [6.45, 7) is 2.60. The Kier molecular flexibility index (Phi) is 5.04. The predicted octanol–water partition coefficient (Wildman–Crippen LogP) is 2.13. The minimum absolute atomic E-state index is 0.0703. The molecule has 0 N–H and O–H groups in total. The lowest BCUT2D eigenvalue weighted by Gasteiger charge is -2.08. The normalized spacial score (nSPS) is 11.5. The molecule has 0 spiro atoms. The van der Waals surface area contributed by atoms with Crippen molar-refractivity contribution in [2.75, 3.05) is 0 Å². The maximum absolute atomic E-state index is 12.2. The van der Waals surface area contributed by atoms with E-state index in [4.69, 9.17) is 0 Å². The first kappa shape index (κ1) is 16.6. The number of aromatic nitrogens is 2. The number of hydrogen-bond donors (Lipinski definition) is 0. The zero-order valence-electron chi connectivity index (χ0n) is 14.0. The molecule has 2 aromatic heterocycles. The number of rotatable bonds is 4. The smallest absolute Gasteiger partial charge is 0.267 e. The van der Waals surface area contributed by atoms with Crippen molar-refractivity contribution < 1.29 is 4.79 Å². The molecule has 126 valence electrons. The van der Waals surface area contributed by atoms with Crippen LogP contribution in [0.4, 0.5) is 0 Å². The summed E-state index contributed by atoms with van der Waals surface area (Å²) in [4.78, 5) is 28.1. The lowest BCUT2D eigenvalue weighted by Crippen LogP contribution is -2.26. The monoisotopic (exact) mass is 333 g/mol. The number of nitrogens with zero attached hydrogens (tertiary/aromatic N) is 3. The Morgan fingerprint density at radius 2 is 1.60 bits per heavy atom. The Hall–Kier alpha value is -3.21. The van der Waals surface area contributed by atoms with Gasteiger partial charge in [-0.2, -0.15) is 4.99 Å². The van der Waals surface area contributed by atoms with Gasteiger partial charge in [0, 0.05) is 25.0 Å². The van der Waals surface area contributed by atoms with Crippen molar-refractivity contribution >= 4 is 5.91 Å². The molecule has 0 radical (unpaired) electrons. The zero-order chi connectivity index (χ0) is 17.6. The maximum atomic E-state index is 12.2. The highest BCUT2D eigenvalue weighted by molar-refractivity contribution is 5.76. The van der Waals surface area contributed by atoms with Crippen molar-refractivity contribution in [3.8, 4) is 0 Å². The van der Waals surface area contributed by atoms with Gasteiger partial charge in [0.2, 0.25) is 0 Å². The molecule has 5 heteroatoms. The number of aryl methyl sites for hydroxylation is 1. The topological polar surface area (TPSA) is 56.4 Å². The summed E-state index contributed by atoms with van der Waals surface area (Å²) in [6, 6.07) is 18.6. The Morgan fingerprint density at radius 1 is 0.920 bits per heavy atom. The summed E-state index contributed by atoms with van der Waals surface area (Å²) in [5.41, 5.74) is 2.68. The molecule has 0 saturated heterocycles. The average Bonchev–Trinajstić information content (AvgIpc) is 2.61. The van der Waals surface area contributed by atoms with Gasteiger partial charge < -0.3 is 9.13 Å². The van der Waals surface area contributed by atoms with Crippen LogP contribution in [-0.2, 0) is 17.9 Å². The molecule has 0 saturated carbocycles. The van der Waals surface area contributed by atoms with E-state index in [9.17, 15) is 9.59 Å². The van der Waals surface area contributed by atoms with Gasteiger partial charge in [-0.25, -0.2) is 0 Å². The number of amides is 1. The van der Waals surface area contributed by atoms with Crippen LogP contribution in [0.1, 0.15) is 11.1 Å². The third-order valence-corrected chi connectivity index (χ3v) is 3.83. The second kappa shape index (κ2) is 7.57. The Balaban J connectivity index is 1.85. The molecule has 0 aliphatic rings. The number of pyridine rings is 2. The van der Waals surface area contributed by atoms with E-state index in [1.165, 1.54) is 16.2 Å². The Bertz CT molecular complexity index is 998. The zero-order valence-corrected chi connectivity index (χ0v) is 14.0. The lowest BCUT2D eigenvalue weighted by molar-refractivity contribution is -0.118. The predicted molar refractivity (Wildman–Crippen MR) is 96.0 cm³/mol. The number of hydrogen-bond acceptors (Lipinski definition) is 2. The van der Waals surface area contributed by atoms with Crippen molar-refractivity contribution in [3.05, 3.63) is 100 Å². The number of carbonyl (C=O) groups excluding carboxylic acids is 1. The third kappa shape index (κ3) is 4.41. The van der Waals surface area contributed by atoms with Crippen LogP contribution in [0.25, 0.3) is 0 Å². The van der Waals surface area contributed by atoms with Gasteiger partial charge in [-0.05, 0) is 30.7 Å². The van der Waals surface area contributed by atoms with E-state index in [0.29, 0.717) is 12.0 Å². The third-order valence-electron chi connectivity index (χ3n) is 3.83. The van der Waals surface area contributed by atoms with Crippen molar-refractivity contribution in [1.29, 1.82) is 0 Å². The van der Waals surface area contributed by atoms with E-state index in [1.54, 1.807) is 24.4 Å². The average molecular weight is 333 g/mol. The van der Waals surface area contributed by atoms with Crippen LogP contribution >= 0.6 is 0 Å². The minimum Gasteiger partial charge on any atom is -0.328 e. The summed E-state index contributed by atoms with van der Waals surface area (Å²) in [7, 11) is 0. The van der Waals surface area contributed by atoms with E-state index >= 15 is 0 Å². The van der Waals surface area contributed by atoms with Gasteiger partial charge in [0.1, 0.15) is 12.0 Å². The van der Waals surface area contributed by atoms with Crippen LogP contribution in [0, 0.1) is 6.92 Å². The fourth-order valence-electron chi connectivity index (χ4n) is 2.49. The van der Waals surface area contributed by atoms with Crippen molar-refractivity contribution in [3.63, 3.8) is 0 Å². The molecule has 25 heavy (non-hydrogen) atoms. The highest BCUT2D eigenvalue weighted by Crippen LogP contribution is 2.04. The van der Waals surface area contributed by atoms with Crippen LogP contribution in [-0.4, -0.2) is 15.0 Å². The van der Waals surface area contributed by atoms with Crippen LogP contribution in [0.3, 0.4) is 0 Å². The van der Waals surface area contributed by atoms with E-state index in [1.807, 2.05) is 29.8 Å². The summed E-state index contributed by atoms with van der Waals surface area (Å²) in [5, 5.41) is 0. The molecule has 1 amide bonds. The SMILES string of the molecule is Cc1ccc(Cn2ccccc2=NC(=O)Cn2ccccc2=O)cc1. The minimum atomic E-state index is -0.364. The van der Waals surface area contributed by atoms with Gasteiger partial charge in [-0.1, -0.05) is 42.0 Å². The second-order valence-electron chi connectivity index (χ2n) is 5.84. The first-order valence-corrected chi connectivity index (χ1v) is 8.06. The van der Waals surface area contributed by atoms with E-state index in [0.717, 1.165) is 5.56 Å². The molecule has 0 aliphatic heterocycles. The van der Waals surface area contributed by atoms with Gasteiger partial charge >= 0.3 is 0 Å². The molecular formula is C20H19N3O2. The van der Waals surface area contributed by atoms with Crippen LogP contribution in [0.5, 0.6) is 0 Å². The van der Waals surface area contributed by atoms with Crippen molar-refractivity contribution in [2.24, 2.45) is 4.99 Å². The molecule has 0 fully saturated rings. The highest BCUT2D eigenvalue weighted by atomic mass is 16.2. The van der Waals surface area contributed by atoms with Gasteiger partial charge in [0.05, 0.1) is 0 Å². The quantitative estimate of drug-likeness (QED) is 0.734. The molecule has 1 aromatic carbocycles. The van der Waals surface area contributed by atoms with E-state index < -0.39 is 0 Å². The molecule has 5 nitrogen and oxygen atoms in total. The van der Waals surface area contributed by atoms with Gasteiger partial charge in [0.25, 0.3) is 11.5 Å². The van der Waals surface area contributed by atoms with Crippen LogP contribution in [0.15, 0.2) is 82.8 Å². The summed E-state index contributed by atoms with van der Waals surface area (Å²) >= 11 is 0. The standard InChI is InChI=1S/C20H19N3O2/c1-16-8-10-17(11-9-16)14-22-12-4-2-6-18(22)21-19(24)15-23-13-5-3-7-20(23)25/h2-13H,14-15H2,1H3. The van der Waals surface area contributed by atoms with Crippen LogP contribution in [0.2, 0.25) is 0 Å². The van der Waals surface area contributed by atoms with Gasteiger partial charge in [-0.15, -0.1) is 0 Å². The second-order valence-corrected chi connectivity index (χ2v) is 5.84. The Morgan fingerprint density at radius 3 is 2.32 bits per heavy atom. The molecule has 0 atom stereocenters. The first-order valence-electron chi connectivity index (χ1n) is 8.06.